The van der Waals surface area contributed by atoms with Gasteiger partial charge in [-0.3, -0.25) is 0 Å². The molecule has 2 nitrogen and oxygen atoms in total. The van der Waals surface area contributed by atoms with Crippen LogP contribution in [0.15, 0.2) is 110 Å². The van der Waals surface area contributed by atoms with Gasteiger partial charge in [-0.25, -0.2) is 8.78 Å². The molecule has 2 aliphatic heterocycles. The molecule has 0 amide bonds. The number of allylic oxidation sites excluding steroid dienone is 1. The van der Waals surface area contributed by atoms with Gasteiger partial charge in [0.05, 0.1) is 17.0 Å². The number of rotatable bonds is 1. The summed E-state index contributed by atoms with van der Waals surface area (Å²) in [4.78, 5) is 0. The predicted octanol–water partition coefficient (Wildman–Crippen LogP) is 7.60. The van der Waals surface area contributed by atoms with Crippen molar-refractivity contribution >= 4 is 5.70 Å². The summed E-state index contributed by atoms with van der Waals surface area (Å²) in [6.07, 6.45) is 5.22. The number of hydrogen-bond donors (Lipinski definition) is 0. The molecule has 0 bridgehead atoms. The molecule has 39 heavy (non-hydrogen) atoms. The van der Waals surface area contributed by atoms with Crippen molar-refractivity contribution in [2.45, 2.75) is 31.7 Å². The van der Waals surface area contributed by atoms with E-state index in [1.165, 1.54) is 17.2 Å². The van der Waals surface area contributed by atoms with Crippen LogP contribution in [0.3, 0.4) is 0 Å². The molecule has 190 valence electrons. The number of nitrogens with zero attached hydrogens (tertiary/aromatic N) is 2. The van der Waals surface area contributed by atoms with E-state index in [-0.39, 0.29) is 12.0 Å². The van der Waals surface area contributed by atoms with Crippen LogP contribution in [0.1, 0.15) is 35.1 Å². The van der Waals surface area contributed by atoms with Crippen molar-refractivity contribution < 1.29 is 17.9 Å². The van der Waals surface area contributed by atoms with E-state index in [1.54, 1.807) is 6.07 Å². The van der Waals surface area contributed by atoms with Crippen molar-refractivity contribution in [1.82, 2.24) is 0 Å². The maximum absolute atomic E-state index is 15.7. The Hall–Kier alpha value is -4.44. The Balaban J connectivity index is 1.58. The summed E-state index contributed by atoms with van der Waals surface area (Å²) in [6, 6.07) is 29.8. The molecule has 0 aliphatic carbocycles. The Morgan fingerprint density at radius 1 is 0.795 bits per heavy atom. The molecule has 0 fully saturated rings. The largest absolute Gasteiger partial charge is 0.249 e. The van der Waals surface area contributed by atoms with Crippen LogP contribution in [-0.4, -0.2) is 0 Å². The Kier molecular flexibility index (Phi) is 5.52. The van der Waals surface area contributed by atoms with Crippen molar-refractivity contribution in [2.75, 3.05) is 0 Å². The first-order chi connectivity index (χ1) is 19.0. The predicted molar refractivity (Wildman–Crippen MR) is 150 cm³/mol. The summed E-state index contributed by atoms with van der Waals surface area (Å²) in [7, 11) is 0. The second kappa shape index (κ2) is 9.09. The summed E-state index contributed by atoms with van der Waals surface area (Å²) in [5.41, 5.74) is 9.48. The molecular weight excluding hydrogens is 486 g/mol. The highest BCUT2D eigenvalue weighted by atomic mass is 19.2. The maximum Gasteiger partial charge on any atom is 0.249 e. The van der Waals surface area contributed by atoms with Gasteiger partial charge in [-0.05, 0) is 67.3 Å². The minimum absolute atomic E-state index is 0.0315. The van der Waals surface area contributed by atoms with Gasteiger partial charge in [0.25, 0.3) is 0 Å². The highest BCUT2D eigenvalue weighted by molar-refractivity contribution is 5.83. The van der Waals surface area contributed by atoms with Gasteiger partial charge in [-0.2, -0.15) is 9.13 Å². The third-order valence-corrected chi connectivity index (χ3v) is 8.42. The zero-order valence-corrected chi connectivity index (χ0v) is 21.7. The average molecular weight is 515 g/mol. The van der Waals surface area contributed by atoms with Crippen LogP contribution >= 0.6 is 0 Å². The summed E-state index contributed by atoms with van der Waals surface area (Å²) >= 11 is 0. The number of fused-ring (bicyclic) bond motifs is 9. The van der Waals surface area contributed by atoms with Crippen LogP contribution in [0, 0.1) is 18.6 Å². The van der Waals surface area contributed by atoms with Gasteiger partial charge < -0.3 is 0 Å². The van der Waals surface area contributed by atoms with Gasteiger partial charge in [-0.15, -0.1) is 0 Å². The van der Waals surface area contributed by atoms with E-state index < -0.39 is 11.6 Å². The van der Waals surface area contributed by atoms with Gasteiger partial charge in [0.15, 0.2) is 24.0 Å². The minimum Gasteiger partial charge on any atom is -0.204 e. The van der Waals surface area contributed by atoms with E-state index >= 15 is 4.39 Å². The van der Waals surface area contributed by atoms with Crippen LogP contribution in [0.2, 0.25) is 0 Å². The molecule has 4 heteroatoms. The molecule has 0 N–H and O–H groups in total. The SMILES string of the molecule is C=C1C2C(CCc3c(ccc(F)c3F)-c3c(-c4ccccc4)c(C)cc[n+]31)c1ccccc1-c1cccc[n+]12. The first kappa shape index (κ1) is 23.7. The van der Waals surface area contributed by atoms with Crippen molar-refractivity contribution in [1.29, 1.82) is 0 Å². The fraction of sp³-hybridized carbons (Fsp3) is 0.143. The number of halogens is 2. The lowest BCUT2D eigenvalue weighted by Gasteiger charge is -2.29. The highest BCUT2D eigenvalue weighted by Crippen LogP contribution is 2.46. The zero-order chi connectivity index (χ0) is 26.7. The molecule has 7 rings (SSSR count). The lowest BCUT2D eigenvalue weighted by atomic mass is 9.78. The number of benzene rings is 3. The summed E-state index contributed by atoms with van der Waals surface area (Å²) < 4.78 is 34.9. The Labute approximate surface area is 227 Å². The molecule has 0 saturated carbocycles. The summed E-state index contributed by atoms with van der Waals surface area (Å²) in [5, 5.41) is 0. The first-order valence-corrected chi connectivity index (χ1v) is 13.4. The second-order valence-corrected chi connectivity index (χ2v) is 10.5. The number of aromatic nitrogens is 2. The number of pyridine rings is 2. The number of aryl methyl sites for hydroxylation is 1. The fourth-order valence-corrected chi connectivity index (χ4v) is 6.68. The van der Waals surface area contributed by atoms with Crippen LogP contribution in [0.25, 0.3) is 39.3 Å². The van der Waals surface area contributed by atoms with Gasteiger partial charge in [-0.1, -0.05) is 48.5 Å². The van der Waals surface area contributed by atoms with Crippen LogP contribution in [0.4, 0.5) is 8.78 Å². The molecule has 0 radical (unpaired) electrons. The third-order valence-electron chi connectivity index (χ3n) is 8.42. The van der Waals surface area contributed by atoms with Crippen molar-refractivity contribution in [2.24, 2.45) is 0 Å². The topological polar surface area (TPSA) is 7.76 Å². The standard InChI is InChI=1S/C35H28F2N2/c1-22-19-21-38-23(2)34-28(25-12-6-7-13-26(25)31-14-8-9-20-39(31)34)16-15-27-29(17-18-30(36)33(27)37)35(38)32(22)24-10-4-3-5-11-24/h3-14,17-21,28,34H,2,15-16H2,1H3/q+2. The second-order valence-electron chi connectivity index (χ2n) is 10.5. The van der Waals surface area contributed by atoms with Gasteiger partial charge in [0.1, 0.15) is 0 Å². The highest BCUT2D eigenvalue weighted by Gasteiger charge is 2.47. The van der Waals surface area contributed by atoms with E-state index in [9.17, 15) is 4.39 Å². The van der Waals surface area contributed by atoms with Crippen LogP contribution < -0.4 is 9.13 Å². The molecule has 4 heterocycles. The Bertz CT molecular complexity index is 1770. The van der Waals surface area contributed by atoms with E-state index in [1.807, 2.05) is 30.5 Å². The molecule has 2 unspecified atom stereocenters. The van der Waals surface area contributed by atoms with Gasteiger partial charge >= 0.3 is 0 Å². The summed E-state index contributed by atoms with van der Waals surface area (Å²) in [5.74, 6) is -1.54. The molecular formula is C35H28F2N2+2. The normalized spacial score (nSPS) is 17.5. The summed E-state index contributed by atoms with van der Waals surface area (Å²) in [6.45, 7) is 6.78. The smallest absolute Gasteiger partial charge is 0.204 e. The first-order valence-electron chi connectivity index (χ1n) is 13.4. The molecule has 2 atom stereocenters. The van der Waals surface area contributed by atoms with Crippen LogP contribution in [0.5, 0.6) is 0 Å². The van der Waals surface area contributed by atoms with Crippen molar-refractivity contribution in [3.8, 4) is 33.6 Å². The van der Waals surface area contributed by atoms with E-state index in [0.717, 1.165) is 33.8 Å². The zero-order valence-electron chi connectivity index (χ0n) is 21.7. The molecule has 5 aromatic rings. The molecule has 0 spiro atoms. The molecule has 3 aromatic carbocycles. The van der Waals surface area contributed by atoms with Gasteiger partial charge in [0.2, 0.25) is 23.1 Å². The minimum atomic E-state index is -0.812. The molecule has 2 aromatic heterocycles. The lowest BCUT2D eigenvalue weighted by Crippen LogP contribution is -2.53. The Morgan fingerprint density at radius 2 is 1.56 bits per heavy atom. The monoisotopic (exact) mass is 514 g/mol. The quantitative estimate of drug-likeness (QED) is 0.204. The van der Waals surface area contributed by atoms with Gasteiger partial charge in [0, 0.05) is 29.3 Å². The maximum atomic E-state index is 15.7. The Morgan fingerprint density at radius 3 is 2.41 bits per heavy atom. The fourth-order valence-electron chi connectivity index (χ4n) is 6.68. The number of hydrogen-bond acceptors (Lipinski definition) is 0. The molecule has 0 saturated heterocycles. The lowest BCUT2D eigenvalue weighted by molar-refractivity contribution is -0.727. The van der Waals surface area contributed by atoms with E-state index in [4.69, 9.17) is 6.58 Å². The van der Waals surface area contributed by atoms with Crippen molar-refractivity contribution in [3.63, 3.8) is 0 Å². The van der Waals surface area contributed by atoms with E-state index in [0.29, 0.717) is 24.0 Å². The van der Waals surface area contributed by atoms with E-state index in [2.05, 4.69) is 76.9 Å². The molecule has 2 aliphatic rings. The van der Waals surface area contributed by atoms with Crippen LogP contribution in [-0.2, 0) is 6.42 Å². The third kappa shape index (κ3) is 3.59. The van der Waals surface area contributed by atoms with Crippen molar-refractivity contribution in [3.05, 3.63) is 138 Å². The average Bonchev–Trinajstić information content (AvgIpc) is 3.02.